The predicted molar refractivity (Wildman–Crippen MR) is 70.0 cm³/mol. The minimum Gasteiger partial charge on any atom is -0.399 e. The lowest BCUT2D eigenvalue weighted by atomic mass is 9.79. The normalized spacial score (nSPS) is 21.6. The van der Waals surface area contributed by atoms with Crippen molar-refractivity contribution in [2.45, 2.75) is 38.9 Å². The van der Waals surface area contributed by atoms with Crippen LogP contribution in [-0.4, -0.2) is 18.3 Å². The van der Waals surface area contributed by atoms with Gasteiger partial charge < -0.3 is 14.7 Å². The van der Waals surface area contributed by atoms with E-state index < -0.39 is 0 Å². The number of nitrogens with two attached hydrogens (primary N) is 1. The second-order valence-electron chi connectivity index (χ2n) is 5.35. The van der Waals surface area contributed by atoms with Gasteiger partial charge in [0, 0.05) is 5.69 Å². The summed E-state index contributed by atoms with van der Waals surface area (Å²) >= 11 is 0. The molecule has 3 N–H and O–H groups in total. The van der Waals surface area contributed by atoms with Crippen molar-refractivity contribution in [2.24, 2.45) is 5.84 Å². The molecule has 0 amide bonds. The van der Waals surface area contributed by atoms with Gasteiger partial charge in [-0.2, -0.15) is 0 Å². The number of benzene rings is 1. The highest BCUT2D eigenvalue weighted by Gasteiger charge is 2.51. The topological polar surface area (TPSA) is 56.5 Å². The van der Waals surface area contributed by atoms with E-state index in [2.05, 4.69) is 5.43 Å². The quantitative estimate of drug-likeness (QED) is 0.459. The van der Waals surface area contributed by atoms with E-state index in [9.17, 15) is 0 Å². The summed E-state index contributed by atoms with van der Waals surface area (Å²) in [6.07, 6.45) is 0. The fraction of sp³-hybridized carbons (Fsp3) is 0.500. The Morgan fingerprint density at radius 3 is 1.88 bits per heavy atom. The van der Waals surface area contributed by atoms with Crippen molar-refractivity contribution >= 4 is 18.3 Å². The molecule has 1 aliphatic heterocycles. The average molecular weight is 234 g/mol. The molecule has 0 aromatic heterocycles. The van der Waals surface area contributed by atoms with Crippen molar-refractivity contribution in [1.29, 1.82) is 0 Å². The summed E-state index contributed by atoms with van der Waals surface area (Å²) in [5, 5.41) is 0. The van der Waals surface area contributed by atoms with Crippen LogP contribution in [0, 0.1) is 0 Å². The SMILES string of the molecule is CC1(C)OB(c2ccc(NN)cc2)OC1(C)C. The summed E-state index contributed by atoms with van der Waals surface area (Å²) in [5.41, 5.74) is 3.86. The van der Waals surface area contributed by atoms with E-state index in [0.29, 0.717) is 0 Å². The van der Waals surface area contributed by atoms with Gasteiger partial charge in [-0.3, -0.25) is 5.84 Å². The third-order valence-electron chi connectivity index (χ3n) is 3.60. The van der Waals surface area contributed by atoms with Gasteiger partial charge in [0.15, 0.2) is 0 Å². The number of nitrogen functional groups attached to an aromatic ring is 1. The van der Waals surface area contributed by atoms with Crippen LogP contribution in [-0.2, 0) is 9.31 Å². The zero-order valence-electron chi connectivity index (χ0n) is 10.8. The van der Waals surface area contributed by atoms with Crippen LogP contribution in [0.1, 0.15) is 27.7 Å². The first kappa shape index (κ1) is 12.4. The Balaban J connectivity index is 2.20. The Morgan fingerprint density at radius 1 is 1.00 bits per heavy atom. The van der Waals surface area contributed by atoms with E-state index in [1.807, 2.05) is 52.0 Å². The monoisotopic (exact) mass is 234 g/mol. The fourth-order valence-corrected chi connectivity index (χ4v) is 1.72. The molecule has 0 radical (unpaired) electrons. The lowest BCUT2D eigenvalue weighted by Gasteiger charge is -2.32. The average Bonchev–Trinajstić information content (AvgIpc) is 2.48. The minimum atomic E-state index is -0.313. The van der Waals surface area contributed by atoms with Crippen LogP contribution in [0.15, 0.2) is 24.3 Å². The zero-order valence-corrected chi connectivity index (χ0v) is 10.8. The summed E-state index contributed by atoms with van der Waals surface area (Å²) in [4.78, 5) is 0. The number of hydrogen-bond donors (Lipinski definition) is 2. The first-order chi connectivity index (χ1) is 7.86. The Kier molecular flexibility index (Phi) is 2.93. The fourth-order valence-electron chi connectivity index (χ4n) is 1.72. The Labute approximate surface area is 103 Å². The highest BCUT2D eigenvalue weighted by atomic mass is 16.7. The predicted octanol–water partition coefficient (Wildman–Crippen LogP) is 1.27. The summed E-state index contributed by atoms with van der Waals surface area (Å²) in [5.74, 6) is 5.33. The summed E-state index contributed by atoms with van der Waals surface area (Å²) in [6.45, 7) is 8.18. The van der Waals surface area contributed by atoms with E-state index >= 15 is 0 Å². The first-order valence-corrected chi connectivity index (χ1v) is 5.78. The van der Waals surface area contributed by atoms with Crippen molar-refractivity contribution in [1.82, 2.24) is 0 Å². The molecule has 1 aromatic carbocycles. The van der Waals surface area contributed by atoms with Crippen LogP contribution < -0.4 is 16.7 Å². The third kappa shape index (κ3) is 2.18. The van der Waals surface area contributed by atoms with Crippen LogP contribution in [0.4, 0.5) is 5.69 Å². The Hall–Kier alpha value is -1.04. The molecule has 2 rings (SSSR count). The molecule has 92 valence electrons. The molecule has 4 nitrogen and oxygen atoms in total. The molecule has 1 fully saturated rings. The Morgan fingerprint density at radius 2 is 1.47 bits per heavy atom. The molecule has 1 heterocycles. The van der Waals surface area contributed by atoms with Crippen LogP contribution in [0.25, 0.3) is 0 Å². The van der Waals surface area contributed by atoms with Gasteiger partial charge in [-0.25, -0.2) is 0 Å². The van der Waals surface area contributed by atoms with Gasteiger partial charge in [0.05, 0.1) is 11.2 Å². The van der Waals surface area contributed by atoms with E-state index in [1.165, 1.54) is 0 Å². The van der Waals surface area contributed by atoms with E-state index in [1.54, 1.807) is 0 Å². The molecule has 0 atom stereocenters. The molecular weight excluding hydrogens is 215 g/mol. The van der Waals surface area contributed by atoms with Crippen molar-refractivity contribution in [2.75, 3.05) is 5.43 Å². The van der Waals surface area contributed by atoms with Gasteiger partial charge in [-0.1, -0.05) is 12.1 Å². The first-order valence-electron chi connectivity index (χ1n) is 5.78. The highest BCUT2D eigenvalue weighted by molar-refractivity contribution is 6.62. The zero-order chi connectivity index (χ0) is 12.7. The maximum atomic E-state index is 5.95. The minimum absolute atomic E-state index is 0.303. The molecular formula is C12H19BN2O2. The number of hydrogen-bond acceptors (Lipinski definition) is 4. The van der Waals surface area contributed by atoms with E-state index in [4.69, 9.17) is 15.2 Å². The van der Waals surface area contributed by atoms with Gasteiger partial charge in [0.2, 0.25) is 0 Å². The summed E-state index contributed by atoms with van der Waals surface area (Å²) < 4.78 is 11.9. The van der Waals surface area contributed by atoms with Crippen molar-refractivity contribution in [3.8, 4) is 0 Å². The van der Waals surface area contributed by atoms with Crippen molar-refractivity contribution in [3.63, 3.8) is 0 Å². The number of nitrogens with one attached hydrogen (secondary N) is 1. The van der Waals surface area contributed by atoms with E-state index in [0.717, 1.165) is 11.2 Å². The molecule has 17 heavy (non-hydrogen) atoms. The third-order valence-corrected chi connectivity index (χ3v) is 3.60. The second-order valence-corrected chi connectivity index (χ2v) is 5.35. The molecule has 0 spiro atoms. The number of anilines is 1. The Bertz CT molecular complexity index is 387. The standard InChI is InChI=1S/C12H19BN2O2/c1-11(2)12(3,4)17-13(16-11)9-5-7-10(15-14)8-6-9/h5-8,15H,14H2,1-4H3. The molecule has 5 heteroatoms. The maximum Gasteiger partial charge on any atom is 0.494 e. The van der Waals surface area contributed by atoms with Gasteiger partial charge in [0.1, 0.15) is 0 Å². The van der Waals surface area contributed by atoms with Crippen LogP contribution in [0.3, 0.4) is 0 Å². The van der Waals surface area contributed by atoms with Crippen LogP contribution in [0.2, 0.25) is 0 Å². The number of rotatable bonds is 2. The second kappa shape index (κ2) is 4.01. The lowest BCUT2D eigenvalue weighted by Crippen LogP contribution is -2.41. The lowest BCUT2D eigenvalue weighted by molar-refractivity contribution is 0.00578. The van der Waals surface area contributed by atoms with Gasteiger partial charge in [0.25, 0.3) is 0 Å². The van der Waals surface area contributed by atoms with Gasteiger partial charge in [-0.15, -0.1) is 0 Å². The smallest absolute Gasteiger partial charge is 0.399 e. The summed E-state index contributed by atoms with van der Waals surface area (Å²) in [6, 6.07) is 7.72. The van der Waals surface area contributed by atoms with Crippen LogP contribution in [0.5, 0.6) is 0 Å². The largest absolute Gasteiger partial charge is 0.494 e. The van der Waals surface area contributed by atoms with Crippen LogP contribution >= 0.6 is 0 Å². The van der Waals surface area contributed by atoms with E-state index in [-0.39, 0.29) is 18.3 Å². The number of hydrazine groups is 1. The molecule has 0 bridgehead atoms. The molecule has 1 saturated heterocycles. The molecule has 0 saturated carbocycles. The summed E-state index contributed by atoms with van der Waals surface area (Å²) in [7, 11) is -0.313. The molecule has 1 aliphatic rings. The molecule has 0 aliphatic carbocycles. The molecule has 1 aromatic rings. The van der Waals surface area contributed by atoms with Crippen molar-refractivity contribution < 1.29 is 9.31 Å². The van der Waals surface area contributed by atoms with Gasteiger partial charge in [-0.05, 0) is 45.3 Å². The van der Waals surface area contributed by atoms with Gasteiger partial charge >= 0.3 is 7.12 Å². The maximum absolute atomic E-state index is 5.95. The molecule has 0 unspecified atom stereocenters. The van der Waals surface area contributed by atoms with Crippen molar-refractivity contribution in [3.05, 3.63) is 24.3 Å². The highest BCUT2D eigenvalue weighted by Crippen LogP contribution is 2.36.